The summed E-state index contributed by atoms with van der Waals surface area (Å²) in [6.07, 6.45) is 0. The molecule has 1 unspecified atom stereocenters. The van der Waals surface area contributed by atoms with Crippen LogP contribution in [0.3, 0.4) is 0 Å². The van der Waals surface area contributed by atoms with Crippen LogP contribution < -0.4 is 11.1 Å². The van der Waals surface area contributed by atoms with Crippen molar-refractivity contribution in [2.75, 3.05) is 13.1 Å². The summed E-state index contributed by atoms with van der Waals surface area (Å²) >= 11 is 0. The van der Waals surface area contributed by atoms with Crippen LogP contribution in [0.15, 0.2) is 42.5 Å². The normalized spacial score (nSPS) is 11.4. The van der Waals surface area contributed by atoms with E-state index < -0.39 is 0 Å². The van der Waals surface area contributed by atoms with Gasteiger partial charge in [-0.3, -0.25) is 9.59 Å². The maximum atomic E-state index is 12.8. The highest BCUT2D eigenvalue weighted by Gasteiger charge is 2.18. The monoisotopic (exact) mass is 360 g/mol. The van der Waals surface area contributed by atoms with E-state index in [4.69, 9.17) is 5.73 Å². The van der Waals surface area contributed by atoms with Gasteiger partial charge in [0.1, 0.15) is 0 Å². The smallest absolute Gasteiger partial charge is 0.252 e. The number of ketones is 1. The third-order valence-electron chi connectivity index (χ3n) is 4.20. The van der Waals surface area contributed by atoms with E-state index in [9.17, 15) is 9.59 Å². The summed E-state index contributed by atoms with van der Waals surface area (Å²) in [7, 11) is 0. The molecule has 0 bridgehead atoms. The van der Waals surface area contributed by atoms with Crippen molar-refractivity contribution in [1.82, 2.24) is 5.32 Å². The lowest BCUT2D eigenvalue weighted by Gasteiger charge is -2.13. The van der Waals surface area contributed by atoms with Gasteiger partial charge < -0.3 is 11.1 Å². The molecular formula is C20H25ClN2O2. The molecule has 2 aromatic carbocycles. The Morgan fingerprint density at radius 3 is 2.28 bits per heavy atom. The van der Waals surface area contributed by atoms with Crippen molar-refractivity contribution in [2.24, 2.45) is 11.7 Å². The molecule has 5 heteroatoms. The number of aryl methyl sites for hydroxylation is 2. The van der Waals surface area contributed by atoms with Gasteiger partial charge in [0.25, 0.3) is 5.91 Å². The van der Waals surface area contributed by atoms with Crippen LogP contribution >= 0.6 is 12.4 Å². The topological polar surface area (TPSA) is 72.2 Å². The van der Waals surface area contributed by atoms with Gasteiger partial charge in [0.05, 0.1) is 5.56 Å². The second-order valence-electron chi connectivity index (χ2n) is 6.22. The van der Waals surface area contributed by atoms with Gasteiger partial charge in [0.2, 0.25) is 0 Å². The Labute approximate surface area is 155 Å². The standard InChI is InChI=1S/C20H24N2O2.ClH/c1-13(11-21)12-22-20(24)18-7-5-4-6-17(18)19(23)16-9-8-14(2)15(3)10-16;/h4-10,13H,11-12,21H2,1-3H3,(H,22,24);1H. The number of carbonyl (C=O) groups excluding carboxylic acids is 2. The van der Waals surface area contributed by atoms with E-state index >= 15 is 0 Å². The number of benzene rings is 2. The van der Waals surface area contributed by atoms with Gasteiger partial charge >= 0.3 is 0 Å². The molecule has 0 saturated heterocycles. The van der Waals surface area contributed by atoms with Gasteiger partial charge in [-0.25, -0.2) is 0 Å². The summed E-state index contributed by atoms with van der Waals surface area (Å²) in [6.45, 7) is 6.93. The molecule has 1 atom stereocenters. The summed E-state index contributed by atoms with van der Waals surface area (Å²) in [6, 6.07) is 12.5. The highest BCUT2D eigenvalue weighted by molar-refractivity contribution is 6.15. The van der Waals surface area contributed by atoms with Crippen LogP contribution in [-0.4, -0.2) is 24.8 Å². The van der Waals surface area contributed by atoms with Gasteiger partial charge in [0, 0.05) is 17.7 Å². The summed E-state index contributed by atoms with van der Waals surface area (Å²) in [5.74, 6) is -0.199. The van der Waals surface area contributed by atoms with Crippen LogP contribution in [0, 0.1) is 19.8 Å². The molecule has 0 aliphatic carbocycles. The zero-order valence-electron chi connectivity index (χ0n) is 14.8. The Balaban J connectivity index is 0.00000312. The molecule has 0 aliphatic heterocycles. The molecule has 3 N–H and O–H groups in total. The summed E-state index contributed by atoms with van der Waals surface area (Å²) in [5, 5.41) is 2.85. The summed E-state index contributed by atoms with van der Waals surface area (Å²) < 4.78 is 0. The average molecular weight is 361 g/mol. The number of nitrogens with one attached hydrogen (secondary N) is 1. The Hall–Kier alpha value is -2.17. The molecule has 2 rings (SSSR count). The molecule has 4 nitrogen and oxygen atoms in total. The van der Waals surface area contributed by atoms with Gasteiger partial charge in [-0.05, 0) is 49.6 Å². The average Bonchev–Trinajstić information content (AvgIpc) is 2.61. The number of hydrogen-bond acceptors (Lipinski definition) is 3. The predicted molar refractivity (Wildman–Crippen MR) is 104 cm³/mol. The number of carbonyl (C=O) groups is 2. The highest BCUT2D eigenvalue weighted by atomic mass is 35.5. The SMILES string of the molecule is Cc1ccc(C(=O)c2ccccc2C(=O)NCC(C)CN)cc1C.Cl. The first-order valence-electron chi connectivity index (χ1n) is 8.13. The minimum atomic E-state index is -0.247. The van der Waals surface area contributed by atoms with Crippen molar-refractivity contribution in [2.45, 2.75) is 20.8 Å². The van der Waals surface area contributed by atoms with Crippen LogP contribution in [0.2, 0.25) is 0 Å². The maximum absolute atomic E-state index is 12.8. The highest BCUT2D eigenvalue weighted by Crippen LogP contribution is 2.17. The van der Waals surface area contributed by atoms with Crippen molar-refractivity contribution >= 4 is 24.1 Å². The molecule has 134 valence electrons. The fraction of sp³-hybridized carbons (Fsp3) is 0.300. The zero-order valence-corrected chi connectivity index (χ0v) is 15.7. The fourth-order valence-electron chi connectivity index (χ4n) is 2.36. The summed E-state index contributed by atoms with van der Waals surface area (Å²) in [4.78, 5) is 25.3. The van der Waals surface area contributed by atoms with Crippen LogP contribution in [0.1, 0.15) is 44.3 Å². The lowest BCUT2D eigenvalue weighted by atomic mass is 9.95. The van der Waals surface area contributed by atoms with Crippen LogP contribution in [0.5, 0.6) is 0 Å². The quantitative estimate of drug-likeness (QED) is 0.776. The molecular weight excluding hydrogens is 336 g/mol. The molecule has 25 heavy (non-hydrogen) atoms. The van der Waals surface area contributed by atoms with E-state index in [2.05, 4.69) is 5.32 Å². The van der Waals surface area contributed by atoms with Gasteiger partial charge in [-0.2, -0.15) is 0 Å². The lowest BCUT2D eigenvalue weighted by Crippen LogP contribution is -2.32. The minimum absolute atomic E-state index is 0. The second kappa shape index (κ2) is 9.35. The van der Waals surface area contributed by atoms with Crippen molar-refractivity contribution in [1.29, 1.82) is 0 Å². The first-order chi connectivity index (χ1) is 11.4. The Morgan fingerprint density at radius 1 is 1.04 bits per heavy atom. The third kappa shape index (κ3) is 5.15. The van der Waals surface area contributed by atoms with Gasteiger partial charge in [0.15, 0.2) is 5.78 Å². The van der Waals surface area contributed by atoms with Crippen molar-refractivity contribution in [3.63, 3.8) is 0 Å². The molecule has 0 aliphatic rings. The number of hydrogen-bond donors (Lipinski definition) is 2. The fourth-order valence-corrected chi connectivity index (χ4v) is 2.36. The number of amides is 1. The Bertz CT molecular complexity index is 759. The third-order valence-corrected chi connectivity index (χ3v) is 4.20. The van der Waals surface area contributed by atoms with Gasteiger partial charge in [-0.1, -0.05) is 37.3 Å². The first kappa shape index (κ1) is 20.9. The van der Waals surface area contributed by atoms with E-state index in [0.717, 1.165) is 11.1 Å². The van der Waals surface area contributed by atoms with Crippen molar-refractivity contribution in [3.05, 3.63) is 70.3 Å². The molecule has 0 heterocycles. The van der Waals surface area contributed by atoms with E-state index in [0.29, 0.717) is 29.8 Å². The number of nitrogens with two attached hydrogens (primary N) is 1. The van der Waals surface area contributed by atoms with E-state index in [1.165, 1.54) is 0 Å². The molecule has 0 saturated carbocycles. The van der Waals surface area contributed by atoms with Crippen LogP contribution in [0.4, 0.5) is 0 Å². The molecule has 0 radical (unpaired) electrons. The van der Waals surface area contributed by atoms with Crippen LogP contribution in [0.25, 0.3) is 0 Å². The van der Waals surface area contributed by atoms with E-state index in [1.807, 2.05) is 32.9 Å². The molecule has 0 aromatic heterocycles. The Kier molecular flexibility index (Phi) is 7.81. The first-order valence-corrected chi connectivity index (χ1v) is 8.13. The van der Waals surface area contributed by atoms with Crippen molar-refractivity contribution in [3.8, 4) is 0 Å². The zero-order chi connectivity index (χ0) is 17.7. The second-order valence-corrected chi connectivity index (χ2v) is 6.22. The maximum Gasteiger partial charge on any atom is 0.252 e. The molecule has 0 spiro atoms. The predicted octanol–water partition coefficient (Wildman–Crippen LogP) is 3.28. The molecule has 2 aromatic rings. The molecule has 1 amide bonds. The minimum Gasteiger partial charge on any atom is -0.352 e. The van der Waals surface area contributed by atoms with E-state index in [1.54, 1.807) is 30.3 Å². The van der Waals surface area contributed by atoms with Gasteiger partial charge in [-0.15, -0.1) is 12.4 Å². The number of halogens is 1. The lowest BCUT2D eigenvalue weighted by molar-refractivity contribution is 0.0937. The van der Waals surface area contributed by atoms with Crippen LogP contribution in [-0.2, 0) is 0 Å². The van der Waals surface area contributed by atoms with Crippen molar-refractivity contribution < 1.29 is 9.59 Å². The van der Waals surface area contributed by atoms with E-state index in [-0.39, 0.29) is 30.0 Å². The molecule has 0 fully saturated rings. The largest absolute Gasteiger partial charge is 0.352 e. The summed E-state index contributed by atoms with van der Waals surface area (Å²) in [5.41, 5.74) is 9.16. The Morgan fingerprint density at radius 2 is 1.68 bits per heavy atom. The number of rotatable bonds is 6.